The van der Waals surface area contributed by atoms with Crippen molar-refractivity contribution in [2.24, 2.45) is 0 Å². The number of benzene rings is 1. The van der Waals surface area contributed by atoms with Gasteiger partial charge in [0, 0.05) is 18.8 Å². The van der Waals surface area contributed by atoms with Gasteiger partial charge in [-0.3, -0.25) is 0 Å². The Morgan fingerprint density at radius 3 is 2.52 bits per heavy atom. The van der Waals surface area contributed by atoms with Gasteiger partial charge < -0.3 is 16.0 Å². The summed E-state index contributed by atoms with van der Waals surface area (Å²) in [5, 5.41) is 3.21. The minimum atomic E-state index is 0.248. The first-order chi connectivity index (χ1) is 10.1. The fraction of sp³-hybridized carbons (Fsp3) is 0.400. The molecule has 0 radical (unpaired) electrons. The van der Waals surface area contributed by atoms with Gasteiger partial charge in [-0.1, -0.05) is 6.07 Å². The molecule has 0 bridgehead atoms. The lowest BCUT2D eigenvalue weighted by Gasteiger charge is -2.16. The van der Waals surface area contributed by atoms with Crippen molar-refractivity contribution in [1.82, 2.24) is 15.0 Å². The minimum Gasteiger partial charge on any atom is -0.368 e. The van der Waals surface area contributed by atoms with E-state index < -0.39 is 0 Å². The summed E-state index contributed by atoms with van der Waals surface area (Å²) in [4.78, 5) is 15.0. The molecule has 0 spiro atoms. The first-order valence-corrected chi connectivity index (χ1v) is 7.22. The first kappa shape index (κ1) is 13.6. The van der Waals surface area contributed by atoms with E-state index in [1.165, 1.54) is 24.0 Å². The zero-order chi connectivity index (χ0) is 14.8. The largest absolute Gasteiger partial charge is 0.368 e. The van der Waals surface area contributed by atoms with Crippen molar-refractivity contribution in [2.45, 2.75) is 26.7 Å². The molecule has 1 fully saturated rings. The third-order valence-electron chi connectivity index (χ3n) is 3.79. The number of aromatic nitrogens is 3. The molecule has 0 saturated carbocycles. The van der Waals surface area contributed by atoms with E-state index in [4.69, 9.17) is 5.73 Å². The number of rotatable bonds is 3. The zero-order valence-corrected chi connectivity index (χ0v) is 12.4. The number of nitrogen functional groups attached to an aromatic ring is 1. The van der Waals surface area contributed by atoms with Gasteiger partial charge in [0.2, 0.25) is 17.8 Å². The Morgan fingerprint density at radius 2 is 1.81 bits per heavy atom. The van der Waals surface area contributed by atoms with Crippen molar-refractivity contribution in [1.29, 1.82) is 0 Å². The standard InChI is InChI=1S/C15H20N6/c1-10-5-6-12(9-11(10)2)17-14-18-13(16)19-15(20-14)21-7-3-4-8-21/h5-6,9H,3-4,7-8H2,1-2H3,(H3,16,17,18,19,20). The summed E-state index contributed by atoms with van der Waals surface area (Å²) in [6.07, 6.45) is 2.34. The molecule has 0 atom stereocenters. The van der Waals surface area contributed by atoms with Crippen LogP contribution in [0.25, 0.3) is 0 Å². The Kier molecular flexibility index (Phi) is 3.60. The molecule has 21 heavy (non-hydrogen) atoms. The van der Waals surface area contributed by atoms with Crippen LogP contribution in [0.5, 0.6) is 0 Å². The molecule has 0 aliphatic carbocycles. The van der Waals surface area contributed by atoms with Crippen molar-refractivity contribution in [3.63, 3.8) is 0 Å². The molecule has 6 nitrogen and oxygen atoms in total. The summed E-state index contributed by atoms with van der Waals surface area (Å²) >= 11 is 0. The molecule has 1 aromatic heterocycles. The van der Waals surface area contributed by atoms with Crippen LogP contribution < -0.4 is 16.0 Å². The fourth-order valence-electron chi connectivity index (χ4n) is 2.44. The van der Waals surface area contributed by atoms with E-state index in [1.54, 1.807) is 0 Å². The average molecular weight is 284 g/mol. The number of nitrogens with one attached hydrogen (secondary N) is 1. The quantitative estimate of drug-likeness (QED) is 0.901. The van der Waals surface area contributed by atoms with Gasteiger partial charge in [-0.15, -0.1) is 0 Å². The van der Waals surface area contributed by atoms with E-state index in [1.807, 2.05) is 6.07 Å². The number of nitrogens with zero attached hydrogens (tertiary/aromatic N) is 4. The van der Waals surface area contributed by atoms with Crippen molar-refractivity contribution in [3.05, 3.63) is 29.3 Å². The van der Waals surface area contributed by atoms with E-state index in [2.05, 4.69) is 51.1 Å². The Morgan fingerprint density at radius 1 is 1.05 bits per heavy atom. The van der Waals surface area contributed by atoms with Crippen LogP contribution in [0.3, 0.4) is 0 Å². The summed E-state index contributed by atoms with van der Waals surface area (Å²) in [5.41, 5.74) is 9.24. The number of hydrogen-bond acceptors (Lipinski definition) is 6. The Bertz CT molecular complexity index is 649. The molecule has 6 heteroatoms. The highest BCUT2D eigenvalue weighted by Crippen LogP contribution is 2.21. The van der Waals surface area contributed by atoms with Gasteiger partial charge in [0.25, 0.3) is 0 Å². The fourth-order valence-corrected chi connectivity index (χ4v) is 2.44. The van der Waals surface area contributed by atoms with E-state index in [9.17, 15) is 0 Å². The van der Waals surface area contributed by atoms with Crippen molar-refractivity contribution < 1.29 is 0 Å². The number of aryl methyl sites for hydroxylation is 2. The highest BCUT2D eigenvalue weighted by atomic mass is 15.3. The SMILES string of the molecule is Cc1ccc(Nc2nc(N)nc(N3CCCC3)n2)cc1C. The van der Waals surface area contributed by atoms with Crippen LogP contribution in [0, 0.1) is 13.8 Å². The van der Waals surface area contributed by atoms with Crippen LogP contribution in [0.4, 0.5) is 23.5 Å². The van der Waals surface area contributed by atoms with Gasteiger partial charge in [-0.25, -0.2) is 0 Å². The minimum absolute atomic E-state index is 0.248. The van der Waals surface area contributed by atoms with Gasteiger partial charge in [-0.05, 0) is 49.9 Å². The molecular formula is C15H20N6. The molecule has 1 aromatic carbocycles. The smallest absolute Gasteiger partial charge is 0.233 e. The number of nitrogens with two attached hydrogens (primary N) is 1. The number of anilines is 4. The molecule has 0 amide bonds. The maximum absolute atomic E-state index is 5.81. The molecule has 0 unspecified atom stereocenters. The summed E-state index contributed by atoms with van der Waals surface area (Å²) in [6, 6.07) is 6.16. The summed E-state index contributed by atoms with van der Waals surface area (Å²) in [5.74, 6) is 1.40. The molecule has 3 N–H and O–H groups in total. The molecule has 1 aliphatic rings. The molecule has 1 saturated heterocycles. The Balaban J connectivity index is 1.85. The number of hydrogen-bond donors (Lipinski definition) is 2. The van der Waals surface area contributed by atoms with E-state index in [0.29, 0.717) is 11.9 Å². The van der Waals surface area contributed by atoms with E-state index in [-0.39, 0.29) is 5.95 Å². The molecule has 2 heterocycles. The van der Waals surface area contributed by atoms with Gasteiger partial charge in [0.15, 0.2) is 0 Å². The second-order valence-electron chi connectivity index (χ2n) is 5.44. The predicted molar refractivity (Wildman–Crippen MR) is 84.9 cm³/mol. The second kappa shape index (κ2) is 5.55. The summed E-state index contributed by atoms with van der Waals surface area (Å²) in [6.45, 7) is 6.13. The van der Waals surface area contributed by atoms with Gasteiger partial charge >= 0.3 is 0 Å². The lowest BCUT2D eigenvalue weighted by atomic mass is 10.1. The first-order valence-electron chi connectivity index (χ1n) is 7.22. The van der Waals surface area contributed by atoms with Gasteiger partial charge in [-0.2, -0.15) is 15.0 Å². The topological polar surface area (TPSA) is 80.0 Å². The van der Waals surface area contributed by atoms with Gasteiger partial charge in [0.1, 0.15) is 0 Å². The molecule has 110 valence electrons. The lowest BCUT2D eigenvalue weighted by molar-refractivity contribution is 0.887. The Labute approximate surface area is 124 Å². The van der Waals surface area contributed by atoms with Gasteiger partial charge in [0.05, 0.1) is 0 Å². The van der Waals surface area contributed by atoms with Crippen LogP contribution in [-0.2, 0) is 0 Å². The van der Waals surface area contributed by atoms with Crippen molar-refractivity contribution in [3.8, 4) is 0 Å². The highest BCUT2D eigenvalue weighted by Gasteiger charge is 2.16. The van der Waals surface area contributed by atoms with Crippen LogP contribution in [0.1, 0.15) is 24.0 Å². The Hall–Kier alpha value is -2.37. The van der Waals surface area contributed by atoms with Crippen LogP contribution in [0.15, 0.2) is 18.2 Å². The van der Waals surface area contributed by atoms with Crippen molar-refractivity contribution in [2.75, 3.05) is 29.0 Å². The monoisotopic (exact) mass is 284 g/mol. The van der Waals surface area contributed by atoms with Crippen LogP contribution >= 0.6 is 0 Å². The maximum atomic E-state index is 5.81. The van der Waals surface area contributed by atoms with E-state index in [0.717, 1.165) is 18.8 Å². The predicted octanol–water partition coefficient (Wildman–Crippen LogP) is 2.41. The lowest BCUT2D eigenvalue weighted by Crippen LogP contribution is -2.21. The molecular weight excluding hydrogens is 264 g/mol. The van der Waals surface area contributed by atoms with Crippen LogP contribution in [-0.4, -0.2) is 28.0 Å². The molecule has 3 rings (SSSR count). The van der Waals surface area contributed by atoms with Crippen molar-refractivity contribution >= 4 is 23.5 Å². The highest BCUT2D eigenvalue weighted by molar-refractivity contribution is 5.57. The average Bonchev–Trinajstić information content (AvgIpc) is 2.96. The molecule has 2 aromatic rings. The molecule has 1 aliphatic heterocycles. The summed E-state index contributed by atoms with van der Waals surface area (Å²) < 4.78 is 0. The normalized spacial score (nSPS) is 14.5. The third kappa shape index (κ3) is 3.04. The van der Waals surface area contributed by atoms with Crippen LogP contribution in [0.2, 0.25) is 0 Å². The second-order valence-corrected chi connectivity index (χ2v) is 5.44. The zero-order valence-electron chi connectivity index (χ0n) is 12.4. The van der Waals surface area contributed by atoms with E-state index >= 15 is 0 Å². The maximum Gasteiger partial charge on any atom is 0.233 e. The summed E-state index contributed by atoms with van der Waals surface area (Å²) in [7, 11) is 0. The third-order valence-corrected chi connectivity index (χ3v) is 3.79.